The molecule has 1 nitrogen and oxygen atoms in total. The van der Waals surface area contributed by atoms with Crippen LogP contribution in [0.5, 0.6) is 0 Å². The Balaban J connectivity index is 4.06. The first-order valence-electron chi connectivity index (χ1n) is 4.84. The van der Waals surface area contributed by atoms with E-state index >= 15 is 0 Å². The van der Waals surface area contributed by atoms with Gasteiger partial charge >= 0.3 is 0 Å². The zero-order valence-corrected chi connectivity index (χ0v) is 9.39. The van der Waals surface area contributed by atoms with Gasteiger partial charge in [0.15, 0.2) is 0 Å². The van der Waals surface area contributed by atoms with Gasteiger partial charge in [-0.25, -0.2) is 0 Å². The van der Waals surface area contributed by atoms with Crippen molar-refractivity contribution in [3.8, 4) is 0 Å². The monoisotopic (exact) mass is 169 g/mol. The first kappa shape index (κ1) is 11.7. The molecule has 0 N–H and O–H groups in total. The molecule has 0 aliphatic heterocycles. The molecule has 0 spiro atoms. The second-order valence-corrected chi connectivity index (χ2v) is 4.17. The minimum Gasteiger partial charge on any atom is -0.295 e. The lowest BCUT2D eigenvalue weighted by Gasteiger charge is -2.29. The number of allylic oxidation sites excluding steroid dienone is 1. The van der Waals surface area contributed by atoms with Crippen molar-refractivity contribution in [3.63, 3.8) is 0 Å². The first-order valence-corrected chi connectivity index (χ1v) is 4.84. The molecule has 0 aromatic heterocycles. The van der Waals surface area contributed by atoms with Crippen LogP contribution in [0.2, 0.25) is 0 Å². The number of hydrogen-bond acceptors (Lipinski definition) is 1. The van der Waals surface area contributed by atoms with Crippen LogP contribution in [0.25, 0.3) is 0 Å². The number of nitrogens with zero attached hydrogens (tertiary/aromatic N) is 1. The third-order valence-corrected chi connectivity index (χ3v) is 2.04. The van der Waals surface area contributed by atoms with E-state index in [0.29, 0.717) is 12.1 Å². The largest absolute Gasteiger partial charge is 0.295 e. The van der Waals surface area contributed by atoms with Gasteiger partial charge in [-0.3, -0.25) is 4.90 Å². The van der Waals surface area contributed by atoms with Gasteiger partial charge < -0.3 is 0 Å². The summed E-state index contributed by atoms with van der Waals surface area (Å²) in [7, 11) is 0. The van der Waals surface area contributed by atoms with Gasteiger partial charge in [-0.15, -0.1) is 0 Å². The molecular weight excluding hydrogens is 146 g/mol. The summed E-state index contributed by atoms with van der Waals surface area (Å²) in [4.78, 5) is 2.48. The van der Waals surface area contributed by atoms with Crippen molar-refractivity contribution in [2.75, 3.05) is 6.54 Å². The number of hydrogen-bond donors (Lipinski definition) is 0. The highest BCUT2D eigenvalue weighted by Gasteiger charge is 2.10. The van der Waals surface area contributed by atoms with Gasteiger partial charge in [0.05, 0.1) is 0 Å². The van der Waals surface area contributed by atoms with Crippen molar-refractivity contribution in [1.29, 1.82) is 0 Å². The third kappa shape index (κ3) is 4.55. The Bertz CT molecular complexity index is 133. The quantitative estimate of drug-likeness (QED) is 0.585. The van der Waals surface area contributed by atoms with Crippen LogP contribution in [0.4, 0.5) is 0 Å². The van der Waals surface area contributed by atoms with Crippen LogP contribution in [-0.2, 0) is 0 Å². The molecule has 0 rings (SSSR count). The van der Waals surface area contributed by atoms with E-state index in [4.69, 9.17) is 0 Å². The zero-order valence-electron chi connectivity index (χ0n) is 9.39. The molecule has 0 aromatic carbocycles. The highest BCUT2D eigenvalue weighted by Crippen LogP contribution is 2.05. The summed E-state index contributed by atoms with van der Waals surface area (Å²) in [6.45, 7) is 14.4. The fourth-order valence-electron chi connectivity index (χ4n) is 1.31. The Morgan fingerprint density at radius 1 is 1.08 bits per heavy atom. The predicted molar refractivity (Wildman–Crippen MR) is 56.4 cm³/mol. The van der Waals surface area contributed by atoms with Crippen LogP contribution >= 0.6 is 0 Å². The maximum absolute atomic E-state index is 2.48. The van der Waals surface area contributed by atoms with E-state index in [1.54, 1.807) is 0 Å². The highest BCUT2D eigenvalue weighted by atomic mass is 15.2. The summed E-state index contributed by atoms with van der Waals surface area (Å²) in [6, 6.07) is 1.28. The average Bonchev–Trinajstić information content (AvgIpc) is 1.84. The topological polar surface area (TPSA) is 3.24 Å². The molecule has 0 radical (unpaired) electrons. The van der Waals surface area contributed by atoms with Gasteiger partial charge in [0.1, 0.15) is 0 Å². The van der Waals surface area contributed by atoms with Crippen molar-refractivity contribution in [1.82, 2.24) is 4.90 Å². The lowest BCUT2D eigenvalue weighted by atomic mass is 10.2. The van der Waals surface area contributed by atoms with Crippen molar-refractivity contribution in [2.45, 2.75) is 53.6 Å². The second-order valence-electron chi connectivity index (χ2n) is 4.17. The van der Waals surface area contributed by atoms with Gasteiger partial charge in [0.2, 0.25) is 0 Å². The Morgan fingerprint density at radius 3 is 1.75 bits per heavy atom. The average molecular weight is 169 g/mol. The zero-order chi connectivity index (χ0) is 9.72. The first-order chi connectivity index (χ1) is 5.45. The van der Waals surface area contributed by atoms with E-state index in [0.717, 1.165) is 6.54 Å². The molecule has 0 aliphatic carbocycles. The minimum absolute atomic E-state index is 0.639. The van der Waals surface area contributed by atoms with Crippen molar-refractivity contribution in [3.05, 3.63) is 11.6 Å². The molecule has 0 bridgehead atoms. The summed E-state index contributed by atoms with van der Waals surface area (Å²) in [5.41, 5.74) is 1.40. The molecule has 72 valence electrons. The fourth-order valence-corrected chi connectivity index (χ4v) is 1.31. The predicted octanol–water partition coefficient (Wildman–Crippen LogP) is 3.07. The SMILES string of the molecule is CC(C)=CCN(C(C)C)C(C)C. The molecule has 0 heterocycles. The van der Waals surface area contributed by atoms with Gasteiger partial charge in [0.25, 0.3) is 0 Å². The van der Waals surface area contributed by atoms with Crippen LogP contribution in [0.1, 0.15) is 41.5 Å². The normalized spacial score (nSPS) is 11.4. The maximum Gasteiger partial charge on any atom is 0.0171 e. The molecule has 0 aliphatic rings. The van der Waals surface area contributed by atoms with Crippen molar-refractivity contribution >= 4 is 0 Å². The highest BCUT2D eigenvalue weighted by molar-refractivity contribution is 4.95. The van der Waals surface area contributed by atoms with E-state index in [1.165, 1.54) is 5.57 Å². The van der Waals surface area contributed by atoms with E-state index < -0.39 is 0 Å². The Morgan fingerprint density at radius 2 is 1.50 bits per heavy atom. The molecular formula is C11H23N. The molecule has 0 saturated carbocycles. The van der Waals surface area contributed by atoms with Crippen LogP contribution in [0.3, 0.4) is 0 Å². The van der Waals surface area contributed by atoms with Crippen molar-refractivity contribution < 1.29 is 0 Å². The Labute approximate surface area is 77.5 Å². The summed E-state index contributed by atoms with van der Waals surface area (Å²) >= 11 is 0. The summed E-state index contributed by atoms with van der Waals surface area (Å²) < 4.78 is 0. The third-order valence-electron chi connectivity index (χ3n) is 2.04. The lowest BCUT2D eigenvalue weighted by molar-refractivity contribution is 0.196. The van der Waals surface area contributed by atoms with Crippen LogP contribution < -0.4 is 0 Å². The van der Waals surface area contributed by atoms with E-state index in [9.17, 15) is 0 Å². The van der Waals surface area contributed by atoms with Crippen LogP contribution in [0.15, 0.2) is 11.6 Å². The molecule has 0 amide bonds. The summed E-state index contributed by atoms with van der Waals surface area (Å²) in [6.07, 6.45) is 2.29. The van der Waals surface area contributed by atoms with Gasteiger partial charge in [0, 0.05) is 18.6 Å². The summed E-state index contributed by atoms with van der Waals surface area (Å²) in [5.74, 6) is 0. The van der Waals surface area contributed by atoms with Crippen molar-refractivity contribution in [2.24, 2.45) is 0 Å². The molecule has 0 saturated heterocycles. The Kier molecular flexibility index (Phi) is 5.23. The second kappa shape index (κ2) is 5.36. The summed E-state index contributed by atoms with van der Waals surface area (Å²) in [5, 5.41) is 0. The molecule has 0 unspecified atom stereocenters. The van der Waals surface area contributed by atoms with Gasteiger partial charge in [-0.1, -0.05) is 11.6 Å². The number of rotatable bonds is 4. The van der Waals surface area contributed by atoms with Gasteiger partial charge in [-0.05, 0) is 41.5 Å². The molecule has 12 heavy (non-hydrogen) atoms. The Hall–Kier alpha value is -0.300. The fraction of sp³-hybridized carbons (Fsp3) is 0.818. The van der Waals surface area contributed by atoms with E-state index in [-0.39, 0.29) is 0 Å². The lowest BCUT2D eigenvalue weighted by Crippen LogP contribution is -2.37. The van der Waals surface area contributed by atoms with E-state index in [2.05, 4.69) is 52.5 Å². The molecule has 0 fully saturated rings. The molecule has 0 atom stereocenters. The van der Waals surface area contributed by atoms with E-state index in [1.807, 2.05) is 0 Å². The maximum atomic E-state index is 2.48. The van der Waals surface area contributed by atoms with Crippen LogP contribution in [-0.4, -0.2) is 23.5 Å². The molecule has 0 aromatic rings. The smallest absolute Gasteiger partial charge is 0.0171 e. The molecule has 1 heteroatoms. The van der Waals surface area contributed by atoms with Crippen LogP contribution in [0, 0.1) is 0 Å². The minimum atomic E-state index is 0.639. The van der Waals surface area contributed by atoms with Gasteiger partial charge in [-0.2, -0.15) is 0 Å². The standard InChI is InChI=1S/C11H23N/c1-9(2)7-8-12(10(3)4)11(5)6/h7,10-11H,8H2,1-6H3.